The van der Waals surface area contributed by atoms with Crippen LogP contribution in [0.3, 0.4) is 0 Å². The Morgan fingerprint density at radius 2 is 2.05 bits per heavy atom. The summed E-state index contributed by atoms with van der Waals surface area (Å²) in [7, 11) is 0. The van der Waals surface area contributed by atoms with Gasteiger partial charge in [0.25, 0.3) is 5.56 Å². The summed E-state index contributed by atoms with van der Waals surface area (Å²) in [6.45, 7) is 1.42. The number of hydrogen-bond acceptors (Lipinski definition) is 4. The van der Waals surface area contributed by atoms with E-state index in [9.17, 15) is 9.90 Å². The van der Waals surface area contributed by atoms with Crippen molar-refractivity contribution in [2.45, 2.75) is 12.8 Å². The maximum Gasteiger partial charge on any atom is 0.271 e. The van der Waals surface area contributed by atoms with Gasteiger partial charge in [-0.15, -0.1) is 11.6 Å². The highest BCUT2D eigenvalue weighted by Gasteiger charge is 2.18. The number of benzene rings is 1. The largest absolute Gasteiger partial charge is 0.493 e. The van der Waals surface area contributed by atoms with Crippen LogP contribution in [0.15, 0.2) is 35.1 Å². The molecule has 0 aliphatic rings. The highest BCUT2D eigenvalue weighted by Crippen LogP contribution is 2.15. The van der Waals surface area contributed by atoms with Crippen LogP contribution < -0.4 is 5.56 Å². The van der Waals surface area contributed by atoms with Crippen molar-refractivity contribution in [2.24, 2.45) is 0 Å². The molecule has 0 fully saturated rings. The van der Waals surface area contributed by atoms with Gasteiger partial charge in [0, 0.05) is 5.71 Å². The van der Waals surface area contributed by atoms with E-state index in [0.717, 1.165) is 0 Å². The van der Waals surface area contributed by atoms with Crippen molar-refractivity contribution < 1.29 is 5.11 Å². The zero-order valence-corrected chi connectivity index (χ0v) is 11.0. The van der Waals surface area contributed by atoms with E-state index in [1.807, 2.05) is 6.07 Å². The number of nitrogens with one attached hydrogen (secondary N) is 1. The lowest BCUT2D eigenvalue weighted by atomic mass is 10.2. The lowest BCUT2D eigenvalue weighted by molar-refractivity contribution is 0.445. The van der Waals surface area contributed by atoms with E-state index in [1.165, 1.54) is 11.5 Å². The third-order valence-electron chi connectivity index (χ3n) is 2.64. The van der Waals surface area contributed by atoms with Crippen LogP contribution in [-0.2, 0) is 5.88 Å². The van der Waals surface area contributed by atoms with Crippen molar-refractivity contribution >= 4 is 17.3 Å². The summed E-state index contributed by atoms with van der Waals surface area (Å²) < 4.78 is 1.31. The molecule has 0 bridgehead atoms. The first-order valence-electron chi connectivity index (χ1n) is 5.58. The van der Waals surface area contributed by atoms with Crippen molar-refractivity contribution in [1.29, 1.82) is 5.41 Å². The van der Waals surface area contributed by atoms with Gasteiger partial charge >= 0.3 is 0 Å². The number of rotatable bonds is 3. The first-order valence-corrected chi connectivity index (χ1v) is 6.11. The molecule has 1 heterocycles. The number of aromatic hydroxyl groups is 1. The molecular formula is C13H12ClN3O2. The molecule has 5 nitrogen and oxygen atoms in total. The third-order valence-corrected chi connectivity index (χ3v) is 2.88. The van der Waals surface area contributed by atoms with Crippen LogP contribution >= 0.6 is 11.6 Å². The van der Waals surface area contributed by atoms with E-state index in [4.69, 9.17) is 17.0 Å². The van der Waals surface area contributed by atoms with Gasteiger partial charge in [-0.05, 0) is 19.1 Å². The van der Waals surface area contributed by atoms with E-state index >= 15 is 0 Å². The highest BCUT2D eigenvalue weighted by molar-refractivity contribution is 6.16. The van der Waals surface area contributed by atoms with Crippen LogP contribution in [0.5, 0.6) is 5.88 Å². The fourth-order valence-electron chi connectivity index (χ4n) is 1.81. The Labute approximate surface area is 114 Å². The lowest BCUT2D eigenvalue weighted by Crippen LogP contribution is -2.28. The van der Waals surface area contributed by atoms with Gasteiger partial charge in [-0.25, -0.2) is 0 Å². The molecule has 2 aromatic rings. The van der Waals surface area contributed by atoms with Gasteiger partial charge in [-0.3, -0.25) is 9.36 Å². The minimum atomic E-state index is -0.498. The van der Waals surface area contributed by atoms with Crippen LogP contribution in [0.1, 0.15) is 18.3 Å². The fraction of sp³-hybridized carbons (Fsp3) is 0.154. The summed E-state index contributed by atoms with van der Waals surface area (Å²) in [5.41, 5.74) is -0.0569. The van der Waals surface area contributed by atoms with Crippen LogP contribution in [0.2, 0.25) is 0 Å². The Balaban J connectivity index is 2.83. The Morgan fingerprint density at radius 1 is 1.42 bits per heavy atom. The third kappa shape index (κ3) is 2.37. The molecule has 98 valence electrons. The number of para-hydroxylation sites is 1. The molecule has 2 N–H and O–H groups in total. The number of aromatic nitrogens is 2. The van der Waals surface area contributed by atoms with Gasteiger partial charge in [0.15, 0.2) is 0 Å². The van der Waals surface area contributed by atoms with Crippen LogP contribution in [0.25, 0.3) is 5.69 Å². The van der Waals surface area contributed by atoms with Crippen molar-refractivity contribution in [3.63, 3.8) is 0 Å². The van der Waals surface area contributed by atoms with Gasteiger partial charge in [-0.2, -0.15) is 4.98 Å². The molecular weight excluding hydrogens is 266 g/mol. The molecule has 0 radical (unpaired) electrons. The minimum Gasteiger partial charge on any atom is -0.493 e. The van der Waals surface area contributed by atoms with Crippen molar-refractivity contribution in [2.75, 3.05) is 0 Å². The fourth-order valence-corrected chi connectivity index (χ4v) is 1.99. The standard InChI is InChI=1S/C13H12ClN3O2/c1-8(15)11-12(18)16-10(7-14)17(13(11)19)9-5-3-2-4-6-9/h2-6,15,18H,7H2,1H3. The second kappa shape index (κ2) is 5.24. The summed E-state index contributed by atoms with van der Waals surface area (Å²) in [5, 5.41) is 17.3. The Hall–Kier alpha value is -2.14. The predicted molar refractivity (Wildman–Crippen MR) is 73.6 cm³/mol. The molecule has 2 rings (SSSR count). The van der Waals surface area contributed by atoms with Gasteiger partial charge in [-0.1, -0.05) is 18.2 Å². The van der Waals surface area contributed by atoms with Crippen molar-refractivity contribution in [3.8, 4) is 11.6 Å². The lowest BCUT2D eigenvalue weighted by Gasteiger charge is -2.12. The minimum absolute atomic E-state index is 0.0188. The Bertz CT molecular complexity index is 680. The summed E-state index contributed by atoms with van der Waals surface area (Å²) in [5.74, 6) is -0.240. The maximum absolute atomic E-state index is 12.4. The molecule has 19 heavy (non-hydrogen) atoms. The average molecular weight is 278 g/mol. The van der Waals surface area contributed by atoms with Gasteiger partial charge < -0.3 is 10.5 Å². The van der Waals surface area contributed by atoms with E-state index in [1.54, 1.807) is 24.3 Å². The van der Waals surface area contributed by atoms with Gasteiger partial charge in [0.05, 0.1) is 11.6 Å². The molecule has 0 atom stereocenters. The van der Waals surface area contributed by atoms with E-state index in [2.05, 4.69) is 4.98 Å². The second-order valence-corrected chi connectivity index (χ2v) is 4.23. The first kappa shape index (κ1) is 13.3. The van der Waals surface area contributed by atoms with Crippen LogP contribution in [0.4, 0.5) is 0 Å². The summed E-state index contributed by atoms with van der Waals surface area (Å²) in [6.07, 6.45) is 0. The molecule has 1 aromatic carbocycles. The van der Waals surface area contributed by atoms with E-state index < -0.39 is 11.4 Å². The molecule has 0 saturated carbocycles. The zero-order chi connectivity index (χ0) is 14.0. The monoisotopic (exact) mass is 277 g/mol. The number of nitrogens with zero attached hydrogens (tertiary/aromatic N) is 2. The number of halogens is 1. The first-order chi connectivity index (χ1) is 9.06. The molecule has 0 unspecified atom stereocenters. The number of alkyl halides is 1. The Morgan fingerprint density at radius 3 is 2.58 bits per heavy atom. The second-order valence-electron chi connectivity index (χ2n) is 3.96. The molecule has 0 amide bonds. The average Bonchev–Trinajstić information content (AvgIpc) is 2.38. The molecule has 1 aromatic heterocycles. The summed E-state index contributed by atoms with van der Waals surface area (Å²) in [6, 6.07) is 8.86. The molecule has 0 spiro atoms. The van der Waals surface area contributed by atoms with Crippen molar-refractivity contribution in [3.05, 3.63) is 52.1 Å². The molecule has 0 saturated heterocycles. The van der Waals surface area contributed by atoms with Gasteiger partial charge in [0.2, 0.25) is 5.88 Å². The predicted octanol–water partition coefficient (Wildman–Crippen LogP) is 2.06. The highest BCUT2D eigenvalue weighted by atomic mass is 35.5. The van der Waals surface area contributed by atoms with E-state index in [-0.39, 0.29) is 23.0 Å². The topological polar surface area (TPSA) is 79.0 Å². The van der Waals surface area contributed by atoms with Crippen LogP contribution in [-0.4, -0.2) is 20.4 Å². The normalized spacial score (nSPS) is 10.4. The molecule has 0 aliphatic heterocycles. The summed E-state index contributed by atoms with van der Waals surface area (Å²) in [4.78, 5) is 16.3. The smallest absolute Gasteiger partial charge is 0.271 e. The Kier molecular flexibility index (Phi) is 3.66. The molecule has 6 heteroatoms. The zero-order valence-electron chi connectivity index (χ0n) is 10.2. The quantitative estimate of drug-likeness (QED) is 0.666. The van der Waals surface area contributed by atoms with E-state index in [0.29, 0.717) is 5.69 Å². The number of hydrogen-bond donors (Lipinski definition) is 2. The summed E-state index contributed by atoms with van der Waals surface area (Å²) >= 11 is 5.77. The molecule has 0 aliphatic carbocycles. The van der Waals surface area contributed by atoms with Gasteiger partial charge in [0.1, 0.15) is 11.4 Å². The SMILES string of the molecule is CC(=N)c1c(O)nc(CCl)n(-c2ccccc2)c1=O. The van der Waals surface area contributed by atoms with Crippen LogP contribution in [0, 0.1) is 5.41 Å². The maximum atomic E-state index is 12.4. The van der Waals surface area contributed by atoms with Crippen molar-refractivity contribution in [1.82, 2.24) is 9.55 Å².